The summed E-state index contributed by atoms with van der Waals surface area (Å²) in [6.07, 6.45) is 7.49. The number of nitrogens with zero attached hydrogens (tertiary/aromatic N) is 4. The summed E-state index contributed by atoms with van der Waals surface area (Å²) in [4.78, 5) is 19.0. The second-order valence-electron chi connectivity index (χ2n) is 14.4. The molecular formula is C35H36F2N4O3. The number of carbonyl (C=O) groups excluding carboxylic acids is 1. The van der Waals surface area contributed by atoms with Gasteiger partial charge in [-0.05, 0) is 80.7 Å². The van der Waals surface area contributed by atoms with E-state index in [2.05, 4.69) is 45.4 Å². The molecule has 0 unspecified atom stereocenters. The normalized spacial score (nSPS) is 28.9. The maximum absolute atomic E-state index is 14.1. The third-order valence-electron chi connectivity index (χ3n) is 11.0. The lowest BCUT2D eigenvalue weighted by Crippen LogP contribution is -2.58. The zero-order valence-electron chi connectivity index (χ0n) is 24.7. The van der Waals surface area contributed by atoms with Crippen LogP contribution < -0.4 is 4.90 Å². The van der Waals surface area contributed by atoms with Crippen LogP contribution in [0.3, 0.4) is 0 Å². The molecule has 2 saturated heterocycles. The summed E-state index contributed by atoms with van der Waals surface area (Å²) in [7, 11) is 0. The molecule has 0 atom stereocenters. The van der Waals surface area contributed by atoms with Crippen LogP contribution in [0.15, 0.2) is 53.1 Å². The van der Waals surface area contributed by atoms with E-state index in [9.17, 15) is 18.8 Å². The highest BCUT2D eigenvalue weighted by Crippen LogP contribution is 2.56. The van der Waals surface area contributed by atoms with Gasteiger partial charge in [0, 0.05) is 48.5 Å². The van der Waals surface area contributed by atoms with E-state index < -0.39 is 24.2 Å². The Morgan fingerprint density at radius 3 is 2.30 bits per heavy atom. The van der Waals surface area contributed by atoms with E-state index in [1.54, 1.807) is 0 Å². The molecule has 0 spiro atoms. The van der Waals surface area contributed by atoms with Gasteiger partial charge in [0.2, 0.25) is 5.92 Å². The van der Waals surface area contributed by atoms with Crippen LogP contribution in [0.2, 0.25) is 0 Å². The summed E-state index contributed by atoms with van der Waals surface area (Å²) in [5.41, 5.74) is 1.99. The number of hydrogen-bond donors (Lipinski definition) is 0. The molecular weight excluding hydrogens is 562 g/mol. The van der Waals surface area contributed by atoms with E-state index in [0.29, 0.717) is 25.0 Å². The Bertz CT molecular complexity index is 1600. The minimum Gasteiger partial charge on any atom is -0.370 e. The maximum Gasteiger partial charge on any atom is 0.258 e. The minimum absolute atomic E-state index is 0.156. The molecule has 4 saturated carbocycles. The highest BCUT2D eigenvalue weighted by molar-refractivity contribution is 5.66. The van der Waals surface area contributed by atoms with Crippen molar-refractivity contribution in [2.45, 2.75) is 87.1 Å². The standard InChI is InChI=1S/C35H36F2N4O3/c36-35(37)17-32(18-35,22-42)21-41(28-3-1-2-25(16-28)30-39-29(40-44-30)24-4-5-24)20-31-10-14-34(15-11-31,43-23-31)27-8-6-26(7-9-27)33(19-38)12-13-33/h1-3,6-9,16,22,24H,4-5,10-15,17-18,20-21,23H2. The van der Waals surface area contributed by atoms with Gasteiger partial charge in [-0.2, -0.15) is 10.2 Å². The number of nitriles is 1. The molecule has 4 aliphatic carbocycles. The van der Waals surface area contributed by atoms with Crippen LogP contribution in [0.4, 0.5) is 14.5 Å². The largest absolute Gasteiger partial charge is 0.370 e. The molecule has 9 rings (SSSR count). The molecule has 2 aromatic carbocycles. The second kappa shape index (κ2) is 9.68. The van der Waals surface area contributed by atoms with Crippen LogP contribution in [0.25, 0.3) is 11.5 Å². The lowest BCUT2D eigenvalue weighted by molar-refractivity contribution is -0.187. The predicted octanol–water partition coefficient (Wildman–Crippen LogP) is 7.08. The van der Waals surface area contributed by atoms with Crippen molar-refractivity contribution < 1.29 is 22.8 Å². The first-order valence-corrected chi connectivity index (χ1v) is 15.9. The van der Waals surface area contributed by atoms with Crippen molar-refractivity contribution >= 4 is 12.0 Å². The van der Waals surface area contributed by atoms with Gasteiger partial charge in [-0.1, -0.05) is 35.5 Å². The second-order valence-corrected chi connectivity index (χ2v) is 14.4. The number of hydrogen-bond acceptors (Lipinski definition) is 7. The van der Waals surface area contributed by atoms with Gasteiger partial charge in [0.1, 0.15) is 6.29 Å². The number of rotatable bonds is 10. The summed E-state index contributed by atoms with van der Waals surface area (Å²) in [5.74, 6) is -1.26. The molecule has 44 heavy (non-hydrogen) atoms. The van der Waals surface area contributed by atoms with Gasteiger partial charge in [0.15, 0.2) is 5.82 Å². The van der Waals surface area contributed by atoms with E-state index in [4.69, 9.17) is 9.26 Å². The monoisotopic (exact) mass is 598 g/mol. The summed E-state index contributed by atoms with van der Waals surface area (Å²) < 4.78 is 40.5. The third kappa shape index (κ3) is 4.73. The van der Waals surface area contributed by atoms with Crippen molar-refractivity contribution in [3.05, 3.63) is 65.5 Å². The van der Waals surface area contributed by atoms with Gasteiger partial charge >= 0.3 is 0 Å². The van der Waals surface area contributed by atoms with Crippen LogP contribution >= 0.6 is 0 Å². The fourth-order valence-corrected chi connectivity index (χ4v) is 7.95. The number of benzene rings is 2. The minimum atomic E-state index is -2.81. The SMILES string of the molecule is N#CC1(c2ccc(C34CCC(CN(CC5(C=O)CC(F)(F)C5)c5cccc(-c6nc(C7CC7)no6)c5)(CC3)CO4)cc2)CC1. The highest BCUT2D eigenvalue weighted by Gasteiger charge is 2.58. The maximum atomic E-state index is 14.1. The molecule has 3 aromatic rings. The fourth-order valence-electron chi connectivity index (χ4n) is 7.95. The van der Waals surface area contributed by atoms with Crippen molar-refractivity contribution in [2.75, 3.05) is 24.6 Å². The van der Waals surface area contributed by atoms with Crippen molar-refractivity contribution in [1.29, 1.82) is 5.26 Å². The summed E-state index contributed by atoms with van der Waals surface area (Å²) in [6, 6.07) is 18.7. The lowest BCUT2D eigenvalue weighted by atomic mass is 9.63. The lowest BCUT2D eigenvalue weighted by Gasteiger charge is -2.55. The summed E-state index contributed by atoms with van der Waals surface area (Å²) in [6.45, 7) is 1.39. The molecule has 0 N–H and O–H groups in total. The first kappa shape index (κ1) is 27.9. The van der Waals surface area contributed by atoms with Gasteiger partial charge in [0.05, 0.1) is 29.1 Å². The molecule has 6 aliphatic rings. The van der Waals surface area contributed by atoms with Crippen LogP contribution in [0, 0.1) is 22.2 Å². The molecule has 0 amide bonds. The van der Waals surface area contributed by atoms with Crippen molar-refractivity contribution in [1.82, 2.24) is 10.1 Å². The van der Waals surface area contributed by atoms with E-state index >= 15 is 0 Å². The number of aldehydes is 1. The molecule has 0 radical (unpaired) electrons. The molecule has 1 aromatic heterocycles. The first-order chi connectivity index (χ1) is 21.2. The zero-order valence-corrected chi connectivity index (χ0v) is 24.7. The van der Waals surface area contributed by atoms with Crippen LogP contribution in [0.5, 0.6) is 0 Å². The van der Waals surface area contributed by atoms with E-state index in [1.165, 1.54) is 0 Å². The molecule has 2 bridgehead atoms. The van der Waals surface area contributed by atoms with Gasteiger partial charge in [-0.15, -0.1) is 0 Å². The number of anilines is 1. The number of alkyl halides is 2. The summed E-state index contributed by atoms with van der Waals surface area (Å²) >= 11 is 0. The van der Waals surface area contributed by atoms with Gasteiger partial charge in [0.25, 0.3) is 5.89 Å². The predicted molar refractivity (Wildman–Crippen MR) is 158 cm³/mol. The fraction of sp³-hybridized carbons (Fsp3) is 0.543. The highest BCUT2D eigenvalue weighted by atomic mass is 19.3. The van der Waals surface area contributed by atoms with E-state index in [1.807, 2.05) is 24.3 Å². The van der Waals surface area contributed by atoms with Crippen LogP contribution in [-0.4, -0.2) is 42.0 Å². The Kier molecular flexibility index (Phi) is 6.13. The molecule has 9 heteroatoms. The average Bonchev–Trinajstić information content (AvgIpc) is 3.99. The quantitative estimate of drug-likeness (QED) is 0.230. The van der Waals surface area contributed by atoms with Crippen LogP contribution in [0.1, 0.15) is 87.1 Å². The number of aromatic nitrogens is 2. The van der Waals surface area contributed by atoms with Crippen LogP contribution in [-0.2, 0) is 20.5 Å². The average molecular weight is 599 g/mol. The smallest absolute Gasteiger partial charge is 0.258 e. The Labute approximate surface area is 255 Å². The molecule has 2 aliphatic heterocycles. The molecule has 7 nitrogen and oxygen atoms in total. The van der Waals surface area contributed by atoms with Crippen molar-refractivity contribution in [2.24, 2.45) is 10.8 Å². The van der Waals surface area contributed by atoms with Crippen molar-refractivity contribution in [3.63, 3.8) is 0 Å². The first-order valence-electron chi connectivity index (χ1n) is 15.9. The van der Waals surface area contributed by atoms with E-state index in [0.717, 1.165) is 85.9 Å². The van der Waals surface area contributed by atoms with E-state index in [-0.39, 0.29) is 23.0 Å². The Morgan fingerprint density at radius 2 is 1.70 bits per heavy atom. The zero-order chi connectivity index (χ0) is 30.2. The Hall–Kier alpha value is -3.64. The van der Waals surface area contributed by atoms with Gasteiger partial charge in [-0.25, -0.2) is 8.78 Å². The number of halogens is 2. The number of carbonyl (C=O) groups is 1. The molecule has 3 heterocycles. The van der Waals surface area contributed by atoms with Gasteiger partial charge in [-0.3, -0.25) is 0 Å². The third-order valence-corrected chi connectivity index (χ3v) is 11.0. The van der Waals surface area contributed by atoms with Gasteiger partial charge < -0.3 is 19.0 Å². The number of fused-ring (bicyclic) bond motifs is 3. The summed E-state index contributed by atoms with van der Waals surface area (Å²) in [5, 5.41) is 13.8. The Morgan fingerprint density at radius 1 is 0.977 bits per heavy atom. The number of ether oxygens (including phenoxy) is 1. The molecule has 6 fully saturated rings. The molecule has 228 valence electrons. The topological polar surface area (TPSA) is 92.2 Å². The Balaban J connectivity index is 1.04. The van der Waals surface area contributed by atoms with Crippen molar-refractivity contribution in [3.8, 4) is 17.5 Å².